The summed E-state index contributed by atoms with van der Waals surface area (Å²) < 4.78 is 37.1. The van der Waals surface area contributed by atoms with E-state index in [-0.39, 0.29) is 17.5 Å². The van der Waals surface area contributed by atoms with Gasteiger partial charge in [-0.05, 0) is 18.9 Å². The molecule has 1 fully saturated rings. The average Bonchev–Trinajstić information content (AvgIpc) is 2.43. The van der Waals surface area contributed by atoms with Gasteiger partial charge in [0.15, 0.2) is 11.5 Å². The Balaban J connectivity index is 2.47. The quantitative estimate of drug-likeness (QED) is 0.858. The van der Waals surface area contributed by atoms with Crippen LogP contribution >= 0.6 is 0 Å². The van der Waals surface area contributed by atoms with Crippen LogP contribution < -0.4 is 9.47 Å². The van der Waals surface area contributed by atoms with Gasteiger partial charge in [-0.2, -0.15) is 4.31 Å². The molecular formula is C14H21NO5S. The van der Waals surface area contributed by atoms with E-state index in [0.29, 0.717) is 17.1 Å². The highest BCUT2D eigenvalue weighted by atomic mass is 32.2. The predicted molar refractivity (Wildman–Crippen MR) is 78.1 cm³/mol. The van der Waals surface area contributed by atoms with E-state index < -0.39 is 10.0 Å². The SMILES string of the molecule is COc1cc(S(=O)(=O)N(C)C2CCC2)cc(CO)c1OC. The second-order valence-electron chi connectivity index (χ2n) is 5.08. The average molecular weight is 315 g/mol. The van der Waals surface area contributed by atoms with Crippen molar-refractivity contribution in [2.75, 3.05) is 21.3 Å². The third kappa shape index (κ3) is 2.86. The zero-order valence-corrected chi connectivity index (χ0v) is 13.3. The van der Waals surface area contributed by atoms with Gasteiger partial charge in [0.05, 0.1) is 25.7 Å². The Labute approximate surface area is 125 Å². The first-order valence-electron chi connectivity index (χ1n) is 6.79. The summed E-state index contributed by atoms with van der Waals surface area (Å²) in [5.74, 6) is 0.648. The van der Waals surface area contributed by atoms with Crippen molar-refractivity contribution in [2.24, 2.45) is 0 Å². The van der Waals surface area contributed by atoms with Gasteiger partial charge in [-0.15, -0.1) is 0 Å². The summed E-state index contributed by atoms with van der Waals surface area (Å²) in [5.41, 5.74) is 0.387. The lowest BCUT2D eigenvalue weighted by molar-refractivity contribution is 0.249. The number of hydrogen-bond donors (Lipinski definition) is 1. The van der Waals surface area contributed by atoms with E-state index in [1.165, 1.54) is 30.7 Å². The number of aliphatic hydroxyl groups is 1. The van der Waals surface area contributed by atoms with Crippen LogP contribution in [0.25, 0.3) is 0 Å². The van der Waals surface area contributed by atoms with Gasteiger partial charge in [0.25, 0.3) is 0 Å². The van der Waals surface area contributed by atoms with Crippen molar-refractivity contribution in [1.29, 1.82) is 0 Å². The molecule has 0 aliphatic heterocycles. The van der Waals surface area contributed by atoms with Gasteiger partial charge in [0, 0.05) is 24.7 Å². The van der Waals surface area contributed by atoms with Crippen LogP contribution in [-0.2, 0) is 16.6 Å². The fourth-order valence-electron chi connectivity index (χ4n) is 2.39. The number of ether oxygens (including phenoxy) is 2. The Bertz CT molecular complexity index is 585. The van der Waals surface area contributed by atoms with Crippen LogP contribution in [0.3, 0.4) is 0 Å². The summed E-state index contributed by atoms with van der Waals surface area (Å²) in [6, 6.07) is 2.93. The monoisotopic (exact) mass is 315 g/mol. The van der Waals surface area contributed by atoms with Crippen LogP contribution in [0.15, 0.2) is 17.0 Å². The van der Waals surface area contributed by atoms with Crippen LogP contribution in [0.1, 0.15) is 24.8 Å². The molecule has 0 aromatic heterocycles. The first kappa shape index (κ1) is 16.1. The Kier molecular flexibility index (Phi) is 4.75. The number of hydrogen-bond acceptors (Lipinski definition) is 5. The predicted octanol–water partition coefficient (Wildman–Crippen LogP) is 1.37. The molecule has 1 aliphatic rings. The number of aliphatic hydroxyl groups excluding tert-OH is 1. The van der Waals surface area contributed by atoms with Crippen LogP contribution in [0.4, 0.5) is 0 Å². The number of nitrogens with zero attached hydrogens (tertiary/aromatic N) is 1. The van der Waals surface area contributed by atoms with E-state index in [2.05, 4.69) is 0 Å². The summed E-state index contributed by atoms with van der Waals surface area (Å²) >= 11 is 0. The molecule has 118 valence electrons. The summed E-state index contributed by atoms with van der Waals surface area (Å²) in [5, 5.41) is 9.42. The third-order valence-electron chi connectivity index (χ3n) is 3.97. The van der Waals surface area contributed by atoms with E-state index >= 15 is 0 Å². The van der Waals surface area contributed by atoms with Crippen molar-refractivity contribution < 1.29 is 23.0 Å². The number of sulfonamides is 1. The molecule has 1 N–H and O–H groups in total. The highest BCUT2D eigenvalue weighted by Crippen LogP contribution is 2.36. The fourth-order valence-corrected chi connectivity index (χ4v) is 3.88. The lowest BCUT2D eigenvalue weighted by atomic mass is 9.94. The molecule has 0 saturated heterocycles. The molecular weight excluding hydrogens is 294 g/mol. The van der Waals surface area contributed by atoms with E-state index in [1.807, 2.05) is 0 Å². The van der Waals surface area contributed by atoms with Gasteiger partial charge in [-0.1, -0.05) is 6.42 Å². The second kappa shape index (κ2) is 6.21. The number of rotatable bonds is 6. The molecule has 0 amide bonds. The lowest BCUT2D eigenvalue weighted by Gasteiger charge is -2.33. The molecule has 0 unspecified atom stereocenters. The maximum Gasteiger partial charge on any atom is 0.243 e. The highest BCUT2D eigenvalue weighted by molar-refractivity contribution is 7.89. The molecule has 0 heterocycles. The van der Waals surface area contributed by atoms with Crippen molar-refractivity contribution in [1.82, 2.24) is 4.31 Å². The van der Waals surface area contributed by atoms with E-state index in [1.54, 1.807) is 7.05 Å². The van der Waals surface area contributed by atoms with Crippen molar-refractivity contribution in [2.45, 2.75) is 36.8 Å². The minimum absolute atomic E-state index is 0.0562. The molecule has 1 aromatic carbocycles. The zero-order valence-electron chi connectivity index (χ0n) is 12.5. The third-order valence-corrected chi connectivity index (χ3v) is 5.85. The number of methoxy groups -OCH3 is 2. The minimum Gasteiger partial charge on any atom is -0.493 e. The maximum absolute atomic E-state index is 12.7. The van der Waals surface area contributed by atoms with Crippen LogP contribution in [0.2, 0.25) is 0 Å². The zero-order chi connectivity index (χ0) is 15.6. The van der Waals surface area contributed by atoms with E-state index in [0.717, 1.165) is 19.3 Å². The first-order chi connectivity index (χ1) is 9.95. The van der Waals surface area contributed by atoms with Gasteiger partial charge < -0.3 is 14.6 Å². The normalized spacial score (nSPS) is 15.9. The Hall–Kier alpha value is -1.31. The molecule has 1 aromatic rings. The standard InChI is InChI=1S/C14H21NO5S/c1-15(11-5-4-6-11)21(17,18)12-7-10(9-16)14(20-3)13(8-12)19-2/h7-8,11,16H,4-6,9H2,1-3H3. The van der Waals surface area contributed by atoms with Crippen LogP contribution in [-0.4, -0.2) is 45.1 Å². The summed E-state index contributed by atoms with van der Waals surface area (Å²) in [6.07, 6.45) is 2.82. The van der Waals surface area contributed by atoms with Crippen LogP contribution in [0, 0.1) is 0 Å². The molecule has 1 aliphatic carbocycles. The largest absolute Gasteiger partial charge is 0.493 e. The molecule has 0 atom stereocenters. The lowest BCUT2D eigenvalue weighted by Crippen LogP contribution is -2.41. The topological polar surface area (TPSA) is 76.1 Å². The minimum atomic E-state index is -3.60. The molecule has 2 rings (SSSR count). The van der Waals surface area contributed by atoms with Crippen LogP contribution in [0.5, 0.6) is 11.5 Å². The number of benzene rings is 1. The molecule has 7 heteroatoms. The molecule has 0 bridgehead atoms. The smallest absolute Gasteiger partial charge is 0.243 e. The Morgan fingerprint density at radius 3 is 2.38 bits per heavy atom. The Morgan fingerprint density at radius 2 is 1.95 bits per heavy atom. The molecule has 21 heavy (non-hydrogen) atoms. The van der Waals surface area contributed by atoms with Gasteiger partial charge in [0.2, 0.25) is 10.0 Å². The van der Waals surface area contributed by atoms with Gasteiger partial charge in [-0.3, -0.25) is 0 Å². The van der Waals surface area contributed by atoms with Gasteiger partial charge in [-0.25, -0.2) is 8.42 Å². The molecule has 0 spiro atoms. The molecule has 6 nitrogen and oxygen atoms in total. The van der Waals surface area contributed by atoms with E-state index in [4.69, 9.17) is 9.47 Å². The van der Waals surface area contributed by atoms with Crippen molar-refractivity contribution in [3.8, 4) is 11.5 Å². The second-order valence-corrected chi connectivity index (χ2v) is 7.08. The fraction of sp³-hybridized carbons (Fsp3) is 0.571. The van der Waals surface area contributed by atoms with Gasteiger partial charge >= 0.3 is 0 Å². The van der Waals surface area contributed by atoms with Crippen molar-refractivity contribution in [3.63, 3.8) is 0 Å². The molecule has 1 saturated carbocycles. The molecule has 0 radical (unpaired) electrons. The maximum atomic E-state index is 12.7. The van der Waals surface area contributed by atoms with Crippen molar-refractivity contribution >= 4 is 10.0 Å². The summed E-state index contributed by atoms with van der Waals surface area (Å²) in [4.78, 5) is 0.110. The van der Waals surface area contributed by atoms with Crippen molar-refractivity contribution in [3.05, 3.63) is 17.7 Å². The highest BCUT2D eigenvalue weighted by Gasteiger charge is 2.32. The summed E-state index contributed by atoms with van der Waals surface area (Å²) in [7, 11) is 0.875. The first-order valence-corrected chi connectivity index (χ1v) is 8.23. The Morgan fingerprint density at radius 1 is 1.29 bits per heavy atom. The summed E-state index contributed by atoms with van der Waals surface area (Å²) in [6.45, 7) is -0.323. The van der Waals surface area contributed by atoms with E-state index in [9.17, 15) is 13.5 Å². The van der Waals surface area contributed by atoms with Gasteiger partial charge in [0.1, 0.15) is 0 Å².